The van der Waals surface area contributed by atoms with E-state index in [9.17, 15) is 9.59 Å². The Morgan fingerprint density at radius 1 is 1.50 bits per heavy atom. The minimum Gasteiger partial charge on any atom is -0.300 e. The quantitative estimate of drug-likeness (QED) is 0.741. The van der Waals surface area contributed by atoms with Gasteiger partial charge in [-0.2, -0.15) is 5.26 Å². The largest absolute Gasteiger partial charge is 0.300 e. The van der Waals surface area contributed by atoms with Crippen molar-refractivity contribution >= 4 is 11.8 Å². The Labute approximate surface area is 108 Å². The highest BCUT2D eigenvalue weighted by molar-refractivity contribution is 6.05. The van der Waals surface area contributed by atoms with Crippen LogP contribution >= 0.6 is 0 Å². The zero-order valence-corrected chi connectivity index (χ0v) is 11.5. The lowest BCUT2D eigenvalue weighted by atomic mass is 9.92. The Kier molecular flexibility index (Phi) is 4.12. The van der Waals surface area contributed by atoms with Gasteiger partial charge in [0, 0.05) is 13.0 Å². The van der Waals surface area contributed by atoms with Crippen molar-refractivity contribution in [1.82, 2.24) is 10.2 Å². The van der Waals surface area contributed by atoms with E-state index in [2.05, 4.69) is 11.4 Å². The molecule has 1 rings (SSSR count). The molecule has 0 spiro atoms. The molecule has 0 saturated carbocycles. The zero-order chi connectivity index (χ0) is 14.0. The number of rotatable bonds is 5. The van der Waals surface area contributed by atoms with E-state index in [1.807, 2.05) is 6.92 Å². The third-order valence-electron chi connectivity index (χ3n) is 3.37. The Bertz CT molecular complexity index is 398. The van der Waals surface area contributed by atoms with Crippen LogP contribution in [-0.2, 0) is 9.59 Å². The normalized spacial score (nSPS) is 21.8. The maximum absolute atomic E-state index is 12.0. The lowest BCUT2D eigenvalue weighted by Crippen LogP contribution is -2.45. The van der Waals surface area contributed by atoms with Crippen molar-refractivity contribution in [2.24, 2.45) is 5.41 Å². The van der Waals surface area contributed by atoms with Crippen LogP contribution in [0.2, 0.25) is 0 Å². The fourth-order valence-electron chi connectivity index (χ4n) is 2.16. The van der Waals surface area contributed by atoms with Crippen LogP contribution in [0, 0.1) is 16.7 Å². The van der Waals surface area contributed by atoms with Crippen LogP contribution in [0.1, 0.15) is 40.5 Å². The van der Waals surface area contributed by atoms with Gasteiger partial charge in [0.1, 0.15) is 5.54 Å². The van der Waals surface area contributed by atoms with E-state index in [1.165, 1.54) is 4.90 Å². The number of likely N-dealkylation sites (tertiary alicyclic amines) is 1. The summed E-state index contributed by atoms with van der Waals surface area (Å²) >= 11 is 0. The highest BCUT2D eigenvalue weighted by Gasteiger charge is 2.44. The molecule has 1 N–H and O–H groups in total. The summed E-state index contributed by atoms with van der Waals surface area (Å²) in [6, 6.07) is 2.19. The third kappa shape index (κ3) is 2.88. The first-order valence-corrected chi connectivity index (χ1v) is 6.27. The van der Waals surface area contributed by atoms with Gasteiger partial charge >= 0.3 is 0 Å². The summed E-state index contributed by atoms with van der Waals surface area (Å²) in [5.41, 5.74) is -1.29. The molecule has 0 aromatic rings. The number of amides is 2. The van der Waals surface area contributed by atoms with Crippen LogP contribution in [0.4, 0.5) is 0 Å². The van der Waals surface area contributed by atoms with Gasteiger partial charge in [-0.25, -0.2) is 0 Å². The summed E-state index contributed by atoms with van der Waals surface area (Å²) in [6.07, 6.45) is 0.710. The number of nitrogens with one attached hydrogen (secondary N) is 1. The second kappa shape index (κ2) is 5.07. The molecular formula is C13H21N3O2. The van der Waals surface area contributed by atoms with Crippen molar-refractivity contribution in [2.45, 2.75) is 46.1 Å². The summed E-state index contributed by atoms with van der Waals surface area (Å²) in [7, 11) is 0. The highest BCUT2D eigenvalue weighted by atomic mass is 16.2. The molecule has 1 unspecified atom stereocenters. The maximum Gasteiger partial charge on any atom is 0.235 e. The first-order valence-electron chi connectivity index (χ1n) is 6.27. The van der Waals surface area contributed by atoms with Crippen molar-refractivity contribution in [3.05, 3.63) is 0 Å². The zero-order valence-electron chi connectivity index (χ0n) is 11.5. The van der Waals surface area contributed by atoms with Crippen molar-refractivity contribution in [3.8, 4) is 6.07 Å². The van der Waals surface area contributed by atoms with Gasteiger partial charge in [0.05, 0.1) is 11.5 Å². The van der Waals surface area contributed by atoms with E-state index in [0.29, 0.717) is 19.5 Å². The molecule has 0 aliphatic carbocycles. The van der Waals surface area contributed by atoms with Crippen LogP contribution in [0.5, 0.6) is 0 Å². The maximum atomic E-state index is 12.0. The first kappa shape index (κ1) is 14.7. The van der Waals surface area contributed by atoms with Crippen molar-refractivity contribution in [2.75, 3.05) is 13.1 Å². The number of nitrogens with zero attached hydrogens (tertiary/aromatic N) is 2. The van der Waals surface area contributed by atoms with E-state index in [4.69, 9.17) is 5.26 Å². The molecule has 1 heterocycles. The van der Waals surface area contributed by atoms with Gasteiger partial charge in [0.2, 0.25) is 11.8 Å². The van der Waals surface area contributed by atoms with Crippen LogP contribution in [0.15, 0.2) is 0 Å². The second-order valence-corrected chi connectivity index (χ2v) is 5.64. The van der Waals surface area contributed by atoms with Crippen LogP contribution in [0.25, 0.3) is 0 Å². The van der Waals surface area contributed by atoms with Gasteiger partial charge in [-0.05, 0) is 19.9 Å². The number of imide groups is 1. The van der Waals surface area contributed by atoms with Crippen molar-refractivity contribution in [1.29, 1.82) is 5.26 Å². The molecule has 5 nitrogen and oxygen atoms in total. The highest BCUT2D eigenvalue weighted by Crippen LogP contribution is 2.32. The third-order valence-corrected chi connectivity index (χ3v) is 3.37. The molecule has 100 valence electrons. The summed E-state index contributed by atoms with van der Waals surface area (Å²) in [6.45, 7) is 8.25. The van der Waals surface area contributed by atoms with Crippen LogP contribution < -0.4 is 5.32 Å². The topological polar surface area (TPSA) is 73.2 Å². The summed E-state index contributed by atoms with van der Waals surface area (Å²) in [5, 5.41) is 12.2. The van der Waals surface area contributed by atoms with Gasteiger partial charge in [-0.15, -0.1) is 0 Å². The van der Waals surface area contributed by atoms with Crippen LogP contribution in [-0.4, -0.2) is 35.3 Å². The Morgan fingerprint density at radius 3 is 2.50 bits per heavy atom. The summed E-state index contributed by atoms with van der Waals surface area (Å²) in [5.74, 6) is -0.272. The molecule has 0 aromatic carbocycles. The Balaban J connectivity index is 2.67. The standard InChI is InChI=1S/C13H21N3O2/c1-5-15-13(4,9-14)6-7-16-10(17)8-12(2,3)11(16)18/h15H,5-8H2,1-4H3. The molecular weight excluding hydrogens is 230 g/mol. The van der Waals surface area contributed by atoms with Gasteiger partial charge in [0.25, 0.3) is 0 Å². The molecule has 1 aliphatic heterocycles. The Hall–Kier alpha value is -1.41. The average Bonchev–Trinajstić information content (AvgIpc) is 2.47. The van der Waals surface area contributed by atoms with E-state index >= 15 is 0 Å². The summed E-state index contributed by atoms with van der Waals surface area (Å²) < 4.78 is 0. The minimum absolute atomic E-state index is 0.135. The molecule has 0 aromatic heterocycles. The fraction of sp³-hybridized carbons (Fsp3) is 0.769. The molecule has 0 bridgehead atoms. The molecule has 1 fully saturated rings. The first-order chi connectivity index (χ1) is 8.25. The number of hydrogen-bond acceptors (Lipinski definition) is 4. The number of hydrogen-bond donors (Lipinski definition) is 1. The molecule has 1 saturated heterocycles. The smallest absolute Gasteiger partial charge is 0.235 e. The molecule has 2 amide bonds. The van der Waals surface area contributed by atoms with Gasteiger partial charge in [-0.3, -0.25) is 19.8 Å². The monoisotopic (exact) mass is 251 g/mol. The number of nitriles is 1. The van der Waals surface area contributed by atoms with Crippen LogP contribution in [0.3, 0.4) is 0 Å². The van der Waals surface area contributed by atoms with E-state index in [0.717, 1.165) is 0 Å². The average molecular weight is 251 g/mol. The van der Waals surface area contributed by atoms with Crippen molar-refractivity contribution in [3.63, 3.8) is 0 Å². The molecule has 5 heteroatoms. The minimum atomic E-state index is -0.692. The van der Waals surface area contributed by atoms with Crippen molar-refractivity contribution < 1.29 is 9.59 Å². The molecule has 0 radical (unpaired) electrons. The Morgan fingerprint density at radius 2 is 2.11 bits per heavy atom. The molecule has 1 aliphatic rings. The van der Waals surface area contributed by atoms with Gasteiger partial charge in [-0.1, -0.05) is 20.8 Å². The van der Waals surface area contributed by atoms with Gasteiger partial charge in [0.15, 0.2) is 0 Å². The summed E-state index contributed by atoms with van der Waals surface area (Å²) in [4.78, 5) is 25.1. The number of carbonyl (C=O) groups is 2. The van der Waals surface area contributed by atoms with E-state index in [-0.39, 0.29) is 18.2 Å². The van der Waals surface area contributed by atoms with Gasteiger partial charge < -0.3 is 0 Å². The predicted octanol–water partition coefficient (Wildman–Crippen LogP) is 1.05. The fourth-order valence-corrected chi connectivity index (χ4v) is 2.16. The predicted molar refractivity (Wildman–Crippen MR) is 67.4 cm³/mol. The second-order valence-electron chi connectivity index (χ2n) is 5.64. The lowest BCUT2D eigenvalue weighted by molar-refractivity contribution is -0.140. The lowest BCUT2D eigenvalue weighted by Gasteiger charge is -2.25. The van der Waals surface area contributed by atoms with E-state index in [1.54, 1.807) is 20.8 Å². The molecule has 1 atom stereocenters. The SMILES string of the molecule is CCNC(C)(C#N)CCN1C(=O)CC(C)(C)C1=O. The molecule has 18 heavy (non-hydrogen) atoms. The van der Waals surface area contributed by atoms with E-state index < -0.39 is 11.0 Å². The number of carbonyl (C=O) groups excluding carboxylic acids is 2.